The molecule has 0 spiro atoms. The van der Waals surface area contributed by atoms with Crippen LogP contribution >= 0.6 is 0 Å². The fourth-order valence-electron chi connectivity index (χ4n) is 8.52. The van der Waals surface area contributed by atoms with Crippen LogP contribution in [0.4, 0.5) is 0 Å². The van der Waals surface area contributed by atoms with Crippen molar-refractivity contribution in [2.45, 2.75) is 0 Å². The first-order valence-corrected chi connectivity index (χ1v) is 19.1. The number of aromatic nitrogens is 3. The third-order valence-electron chi connectivity index (χ3n) is 11.2. The maximum absolute atomic E-state index is 6.56. The van der Waals surface area contributed by atoms with Gasteiger partial charge < -0.3 is 13.4 Å². The maximum Gasteiger partial charge on any atom is 0.231 e. The van der Waals surface area contributed by atoms with E-state index in [0.717, 1.165) is 83.1 Å². The second-order valence-electron chi connectivity index (χ2n) is 14.6. The highest BCUT2D eigenvalue weighted by molar-refractivity contribution is 6.14. The van der Waals surface area contributed by atoms with Gasteiger partial charge in [0.1, 0.15) is 16.7 Å². The van der Waals surface area contributed by atoms with E-state index in [0.29, 0.717) is 11.5 Å². The van der Waals surface area contributed by atoms with Gasteiger partial charge in [0.05, 0.1) is 22.1 Å². The Morgan fingerprint density at radius 2 is 0.930 bits per heavy atom. The van der Waals surface area contributed by atoms with Crippen LogP contribution in [0.25, 0.3) is 116 Å². The summed E-state index contributed by atoms with van der Waals surface area (Å²) >= 11 is 0. The van der Waals surface area contributed by atoms with Crippen LogP contribution in [0.1, 0.15) is 0 Å². The van der Waals surface area contributed by atoms with Crippen molar-refractivity contribution in [1.82, 2.24) is 14.5 Å². The standard InChI is InChI=1S/C52H31N3O2/c1-4-12-32(13-5-1)36-20-24-40-48(31-36)57-52-49(40)50(53-51(54-52)33-14-6-2-7-15-33)37-23-27-47-43(30-37)42-29-35(22-26-46(42)56-47)34-21-25-45-41(28-34)39-18-10-11-19-44(39)55(45)38-16-8-3-9-17-38/h1-31H. The highest BCUT2D eigenvalue weighted by Crippen LogP contribution is 2.41. The Labute approximate surface area is 326 Å². The summed E-state index contributed by atoms with van der Waals surface area (Å²) in [5.74, 6) is 0.615. The van der Waals surface area contributed by atoms with E-state index in [1.54, 1.807) is 0 Å². The average molecular weight is 730 g/mol. The quantitative estimate of drug-likeness (QED) is 0.177. The molecule has 0 saturated carbocycles. The van der Waals surface area contributed by atoms with Crippen LogP contribution < -0.4 is 0 Å². The topological polar surface area (TPSA) is 57.0 Å². The molecule has 0 radical (unpaired) electrons. The second-order valence-corrected chi connectivity index (χ2v) is 14.6. The molecule has 0 aliphatic heterocycles. The molecule has 0 fully saturated rings. The lowest BCUT2D eigenvalue weighted by Crippen LogP contribution is -1.93. The molecule has 0 saturated heterocycles. The number of hydrogen-bond acceptors (Lipinski definition) is 4. The number of rotatable bonds is 5. The van der Waals surface area contributed by atoms with Crippen LogP contribution in [0.2, 0.25) is 0 Å². The van der Waals surface area contributed by atoms with Gasteiger partial charge in [-0.05, 0) is 95.1 Å². The number of benzene rings is 8. The summed E-state index contributed by atoms with van der Waals surface area (Å²) in [6.45, 7) is 0. The van der Waals surface area contributed by atoms with Gasteiger partial charge in [0.15, 0.2) is 5.82 Å². The molecule has 0 atom stereocenters. The molecule has 12 rings (SSSR count). The van der Waals surface area contributed by atoms with E-state index in [1.807, 2.05) is 36.4 Å². The van der Waals surface area contributed by atoms with E-state index in [-0.39, 0.29) is 0 Å². The predicted octanol–water partition coefficient (Wildman–Crippen LogP) is 14.0. The normalized spacial score (nSPS) is 11.9. The van der Waals surface area contributed by atoms with Gasteiger partial charge in [-0.15, -0.1) is 0 Å². The van der Waals surface area contributed by atoms with Gasteiger partial charge in [-0.1, -0.05) is 115 Å². The zero-order valence-corrected chi connectivity index (χ0v) is 30.6. The van der Waals surface area contributed by atoms with E-state index in [9.17, 15) is 0 Å². The first-order valence-electron chi connectivity index (χ1n) is 19.1. The van der Waals surface area contributed by atoms with E-state index >= 15 is 0 Å². The Morgan fingerprint density at radius 3 is 1.70 bits per heavy atom. The largest absolute Gasteiger partial charge is 0.456 e. The molecule has 57 heavy (non-hydrogen) atoms. The molecule has 0 N–H and O–H groups in total. The molecule has 8 aromatic carbocycles. The minimum atomic E-state index is 0.558. The third-order valence-corrected chi connectivity index (χ3v) is 11.2. The number of nitrogens with zero attached hydrogens (tertiary/aromatic N) is 3. The monoisotopic (exact) mass is 729 g/mol. The SMILES string of the molecule is c1ccc(-c2ccc3c(c2)oc2nc(-c4ccccc4)nc(-c4ccc5oc6ccc(-c7ccc8c(c7)c7ccccc7n8-c7ccccc7)cc6c5c4)c23)cc1. The van der Waals surface area contributed by atoms with Gasteiger partial charge in [0.25, 0.3) is 0 Å². The molecule has 5 heteroatoms. The molecule has 5 nitrogen and oxygen atoms in total. The minimum absolute atomic E-state index is 0.558. The number of furan rings is 2. The summed E-state index contributed by atoms with van der Waals surface area (Å²) in [4.78, 5) is 10.2. The lowest BCUT2D eigenvalue weighted by Gasteiger charge is -2.08. The number of fused-ring (bicyclic) bond motifs is 9. The summed E-state index contributed by atoms with van der Waals surface area (Å²) < 4.78 is 15.4. The van der Waals surface area contributed by atoms with Crippen molar-refractivity contribution in [2.24, 2.45) is 0 Å². The van der Waals surface area contributed by atoms with E-state index in [2.05, 4.69) is 156 Å². The van der Waals surface area contributed by atoms with Crippen molar-refractivity contribution in [1.29, 1.82) is 0 Å². The van der Waals surface area contributed by atoms with Gasteiger partial charge in [0, 0.05) is 43.7 Å². The fraction of sp³-hybridized carbons (Fsp3) is 0. The Morgan fingerprint density at radius 1 is 0.351 bits per heavy atom. The summed E-state index contributed by atoms with van der Waals surface area (Å²) in [6.07, 6.45) is 0. The van der Waals surface area contributed by atoms with Gasteiger partial charge >= 0.3 is 0 Å². The number of para-hydroxylation sites is 2. The molecular formula is C52H31N3O2. The molecule has 4 heterocycles. The Kier molecular flexibility index (Phi) is 6.86. The van der Waals surface area contributed by atoms with Crippen molar-refractivity contribution < 1.29 is 8.83 Å². The molecule has 12 aromatic rings. The molecule has 4 aromatic heterocycles. The van der Waals surface area contributed by atoms with Crippen molar-refractivity contribution in [3.05, 3.63) is 188 Å². The molecule has 266 valence electrons. The average Bonchev–Trinajstić information content (AvgIpc) is 3.95. The minimum Gasteiger partial charge on any atom is -0.456 e. The summed E-state index contributed by atoms with van der Waals surface area (Å²) in [5, 5.41) is 6.39. The Hall–Kier alpha value is -7.76. The summed E-state index contributed by atoms with van der Waals surface area (Å²) in [5.41, 5.74) is 13.7. The van der Waals surface area contributed by atoms with Crippen molar-refractivity contribution in [2.75, 3.05) is 0 Å². The fourth-order valence-corrected chi connectivity index (χ4v) is 8.52. The van der Waals surface area contributed by atoms with Crippen LogP contribution in [0.5, 0.6) is 0 Å². The maximum atomic E-state index is 6.56. The van der Waals surface area contributed by atoms with Crippen LogP contribution in [-0.4, -0.2) is 14.5 Å². The number of hydrogen-bond donors (Lipinski definition) is 0. The molecular weight excluding hydrogens is 699 g/mol. The van der Waals surface area contributed by atoms with Gasteiger partial charge in [-0.25, -0.2) is 4.98 Å². The van der Waals surface area contributed by atoms with Crippen LogP contribution in [-0.2, 0) is 0 Å². The zero-order valence-electron chi connectivity index (χ0n) is 30.6. The van der Waals surface area contributed by atoms with Gasteiger partial charge in [0.2, 0.25) is 5.71 Å². The van der Waals surface area contributed by atoms with Crippen LogP contribution in [0.3, 0.4) is 0 Å². The molecule has 0 aliphatic rings. The smallest absolute Gasteiger partial charge is 0.231 e. The Bertz CT molecular complexity index is 3510. The van der Waals surface area contributed by atoms with Gasteiger partial charge in [-0.3, -0.25) is 0 Å². The summed E-state index contributed by atoms with van der Waals surface area (Å²) in [7, 11) is 0. The zero-order chi connectivity index (χ0) is 37.5. The molecule has 0 amide bonds. The lowest BCUT2D eigenvalue weighted by molar-refractivity contribution is 0.654. The lowest BCUT2D eigenvalue weighted by atomic mass is 9.99. The summed E-state index contributed by atoms with van der Waals surface area (Å²) in [6, 6.07) is 65.7. The molecule has 0 bridgehead atoms. The van der Waals surface area contributed by atoms with E-state index in [4.69, 9.17) is 18.8 Å². The Balaban J connectivity index is 1.03. The van der Waals surface area contributed by atoms with Crippen LogP contribution in [0.15, 0.2) is 197 Å². The van der Waals surface area contributed by atoms with Crippen molar-refractivity contribution in [3.8, 4) is 50.6 Å². The van der Waals surface area contributed by atoms with Crippen molar-refractivity contribution in [3.63, 3.8) is 0 Å². The first kappa shape index (κ1) is 31.6. The van der Waals surface area contributed by atoms with E-state index < -0.39 is 0 Å². The van der Waals surface area contributed by atoms with Crippen molar-refractivity contribution >= 4 is 65.8 Å². The highest BCUT2D eigenvalue weighted by Gasteiger charge is 2.21. The van der Waals surface area contributed by atoms with Crippen LogP contribution in [0, 0.1) is 0 Å². The first-order chi connectivity index (χ1) is 28.2. The second kappa shape index (κ2) is 12.4. The highest BCUT2D eigenvalue weighted by atomic mass is 16.3. The molecule has 0 unspecified atom stereocenters. The van der Waals surface area contributed by atoms with E-state index in [1.165, 1.54) is 21.8 Å². The predicted molar refractivity (Wildman–Crippen MR) is 233 cm³/mol. The third kappa shape index (κ3) is 5.03. The van der Waals surface area contributed by atoms with Gasteiger partial charge in [-0.2, -0.15) is 4.98 Å². The molecule has 0 aliphatic carbocycles.